The Morgan fingerprint density at radius 3 is 2.86 bits per heavy atom. The van der Waals surface area contributed by atoms with Crippen LogP contribution in [0.15, 0.2) is 53.4 Å². The number of fused-ring (bicyclic) bond motifs is 1. The maximum atomic E-state index is 11.5. The van der Waals surface area contributed by atoms with Crippen LogP contribution in [-0.4, -0.2) is 16.1 Å². The topological polar surface area (TPSA) is 63.3 Å². The Balaban J connectivity index is 1.87. The number of aromatic nitrogens is 1. The summed E-state index contributed by atoms with van der Waals surface area (Å²) in [4.78, 5) is 15.7. The number of pyridine rings is 1. The molecule has 0 atom stereocenters. The summed E-state index contributed by atoms with van der Waals surface area (Å²) in [6, 6.07) is 9.70. The second-order valence-corrected chi connectivity index (χ2v) is 5.49. The maximum Gasteiger partial charge on any atom is 0.314 e. The van der Waals surface area contributed by atoms with Crippen molar-refractivity contribution in [1.82, 2.24) is 4.98 Å². The van der Waals surface area contributed by atoms with Crippen LogP contribution in [0.2, 0.25) is 0 Å². The normalized spacial score (nSPS) is 16.0. The predicted octanol–water partition coefficient (Wildman–Crippen LogP) is 3.61. The van der Waals surface area contributed by atoms with Crippen LogP contribution >= 0.6 is 0 Å². The van der Waals surface area contributed by atoms with Gasteiger partial charge in [-0.25, -0.2) is 0 Å². The van der Waals surface area contributed by atoms with Gasteiger partial charge in [-0.1, -0.05) is 12.1 Å². The highest BCUT2D eigenvalue weighted by Crippen LogP contribution is 2.48. The molecule has 0 amide bonds. The standard InChI is InChI=1S/C17H13NO3/c19-16(20)17(5-6-17)12-8-11(9-18-10-12)13-2-1-3-15-14(13)4-7-21-15/h1-4,7-10H,5-6H2,(H,19,20). The second kappa shape index (κ2) is 4.19. The Morgan fingerprint density at radius 1 is 1.24 bits per heavy atom. The molecule has 1 aliphatic rings. The van der Waals surface area contributed by atoms with Crippen molar-refractivity contribution < 1.29 is 14.3 Å². The van der Waals surface area contributed by atoms with E-state index in [1.807, 2.05) is 30.3 Å². The van der Waals surface area contributed by atoms with Gasteiger partial charge >= 0.3 is 5.97 Å². The minimum absolute atomic E-state index is 0.684. The van der Waals surface area contributed by atoms with Crippen molar-refractivity contribution in [3.8, 4) is 11.1 Å². The summed E-state index contributed by atoms with van der Waals surface area (Å²) >= 11 is 0. The predicted molar refractivity (Wildman–Crippen MR) is 78.0 cm³/mol. The number of carboxylic acid groups (broad SMARTS) is 1. The molecule has 4 rings (SSSR count). The zero-order chi connectivity index (χ0) is 14.4. The van der Waals surface area contributed by atoms with E-state index in [1.54, 1.807) is 18.7 Å². The fourth-order valence-corrected chi connectivity index (χ4v) is 2.85. The molecule has 3 aromatic rings. The summed E-state index contributed by atoms with van der Waals surface area (Å²) in [7, 11) is 0. The zero-order valence-electron chi connectivity index (χ0n) is 11.2. The third-order valence-electron chi connectivity index (χ3n) is 4.26. The van der Waals surface area contributed by atoms with Crippen LogP contribution in [0.25, 0.3) is 22.1 Å². The maximum absolute atomic E-state index is 11.5. The van der Waals surface area contributed by atoms with Crippen molar-refractivity contribution in [2.45, 2.75) is 18.3 Å². The Bertz CT molecular complexity index is 846. The molecule has 0 radical (unpaired) electrons. The van der Waals surface area contributed by atoms with Crippen molar-refractivity contribution in [2.75, 3.05) is 0 Å². The molecule has 0 bridgehead atoms. The van der Waals surface area contributed by atoms with Gasteiger partial charge in [0.25, 0.3) is 0 Å². The van der Waals surface area contributed by atoms with Gasteiger partial charge in [0.1, 0.15) is 5.58 Å². The number of furan rings is 1. The smallest absolute Gasteiger partial charge is 0.314 e. The Labute approximate surface area is 121 Å². The minimum Gasteiger partial charge on any atom is -0.481 e. The molecule has 2 aromatic heterocycles. The molecule has 2 heterocycles. The Hall–Kier alpha value is -2.62. The van der Waals surface area contributed by atoms with E-state index in [0.717, 1.165) is 27.7 Å². The highest BCUT2D eigenvalue weighted by atomic mass is 16.4. The van der Waals surface area contributed by atoms with Crippen LogP contribution in [0.4, 0.5) is 0 Å². The van der Waals surface area contributed by atoms with Crippen LogP contribution in [0.1, 0.15) is 18.4 Å². The summed E-state index contributed by atoms with van der Waals surface area (Å²) in [6.07, 6.45) is 6.46. The number of nitrogens with zero attached hydrogens (tertiary/aromatic N) is 1. The lowest BCUT2D eigenvalue weighted by atomic mass is 9.94. The third-order valence-corrected chi connectivity index (χ3v) is 4.26. The van der Waals surface area contributed by atoms with Gasteiger partial charge in [-0.3, -0.25) is 9.78 Å². The second-order valence-electron chi connectivity index (χ2n) is 5.49. The van der Waals surface area contributed by atoms with Crippen molar-refractivity contribution in [2.24, 2.45) is 0 Å². The zero-order valence-corrected chi connectivity index (χ0v) is 11.2. The molecule has 0 unspecified atom stereocenters. The van der Waals surface area contributed by atoms with E-state index < -0.39 is 11.4 Å². The number of benzene rings is 1. The summed E-state index contributed by atoms with van der Waals surface area (Å²) in [5.74, 6) is -0.761. The number of hydrogen-bond donors (Lipinski definition) is 1. The monoisotopic (exact) mass is 279 g/mol. The van der Waals surface area contributed by atoms with Gasteiger partial charge < -0.3 is 9.52 Å². The van der Waals surface area contributed by atoms with Gasteiger partial charge in [-0.15, -0.1) is 0 Å². The summed E-state index contributed by atoms with van der Waals surface area (Å²) in [5, 5.41) is 10.4. The minimum atomic E-state index is -0.761. The molecule has 0 saturated heterocycles. The van der Waals surface area contributed by atoms with Crippen LogP contribution in [-0.2, 0) is 10.2 Å². The van der Waals surface area contributed by atoms with Crippen LogP contribution < -0.4 is 0 Å². The van der Waals surface area contributed by atoms with Crippen LogP contribution in [0.3, 0.4) is 0 Å². The molecule has 1 N–H and O–H groups in total. The fourth-order valence-electron chi connectivity index (χ4n) is 2.85. The number of rotatable bonds is 3. The average molecular weight is 279 g/mol. The molecule has 0 spiro atoms. The van der Waals surface area contributed by atoms with Crippen LogP contribution in [0.5, 0.6) is 0 Å². The van der Waals surface area contributed by atoms with Gasteiger partial charge in [-0.2, -0.15) is 0 Å². The molecule has 104 valence electrons. The van der Waals surface area contributed by atoms with Gasteiger partial charge in [0.15, 0.2) is 0 Å². The Kier molecular flexibility index (Phi) is 2.42. The molecule has 1 fully saturated rings. The van der Waals surface area contributed by atoms with Crippen molar-refractivity contribution in [1.29, 1.82) is 0 Å². The number of aliphatic carboxylic acids is 1. The molecule has 4 nitrogen and oxygen atoms in total. The van der Waals surface area contributed by atoms with E-state index in [2.05, 4.69) is 4.98 Å². The molecule has 1 saturated carbocycles. The van der Waals surface area contributed by atoms with E-state index in [0.29, 0.717) is 12.8 Å². The Morgan fingerprint density at radius 2 is 2.10 bits per heavy atom. The quantitative estimate of drug-likeness (QED) is 0.795. The van der Waals surface area contributed by atoms with Gasteiger partial charge in [-0.05, 0) is 42.2 Å². The van der Waals surface area contributed by atoms with Crippen molar-refractivity contribution in [3.05, 3.63) is 54.6 Å². The summed E-state index contributed by atoms with van der Waals surface area (Å²) < 4.78 is 5.41. The fraction of sp³-hybridized carbons (Fsp3) is 0.176. The molecular formula is C17H13NO3. The van der Waals surface area contributed by atoms with E-state index in [1.165, 1.54) is 0 Å². The van der Waals surface area contributed by atoms with Gasteiger partial charge in [0.05, 0.1) is 11.7 Å². The first-order chi connectivity index (χ1) is 10.2. The average Bonchev–Trinajstić information content (AvgIpc) is 3.19. The number of carbonyl (C=O) groups is 1. The van der Waals surface area contributed by atoms with Gasteiger partial charge in [0, 0.05) is 23.3 Å². The number of carboxylic acids is 1. The first kappa shape index (κ1) is 12.1. The van der Waals surface area contributed by atoms with E-state index >= 15 is 0 Å². The van der Waals surface area contributed by atoms with Gasteiger partial charge in [0.2, 0.25) is 0 Å². The molecule has 0 aliphatic heterocycles. The van der Waals surface area contributed by atoms with Crippen LogP contribution in [0, 0.1) is 0 Å². The highest BCUT2D eigenvalue weighted by molar-refractivity contribution is 5.94. The van der Waals surface area contributed by atoms with E-state index in [4.69, 9.17) is 4.42 Å². The number of hydrogen-bond acceptors (Lipinski definition) is 3. The summed E-state index contributed by atoms with van der Waals surface area (Å²) in [5.41, 5.74) is 2.81. The van der Waals surface area contributed by atoms with E-state index in [-0.39, 0.29) is 0 Å². The largest absolute Gasteiger partial charge is 0.481 e. The molecule has 1 aliphatic carbocycles. The highest BCUT2D eigenvalue weighted by Gasteiger charge is 2.52. The molecule has 1 aromatic carbocycles. The summed E-state index contributed by atoms with van der Waals surface area (Å²) in [6.45, 7) is 0. The van der Waals surface area contributed by atoms with E-state index in [9.17, 15) is 9.90 Å². The van der Waals surface area contributed by atoms with Crippen molar-refractivity contribution in [3.63, 3.8) is 0 Å². The molecule has 4 heteroatoms. The lowest BCUT2D eigenvalue weighted by molar-refractivity contribution is -0.140. The first-order valence-electron chi connectivity index (χ1n) is 6.86. The van der Waals surface area contributed by atoms with Crippen molar-refractivity contribution >= 4 is 16.9 Å². The third kappa shape index (κ3) is 1.76. The molecular weight excluding hydrogens is 266 g/mol. The first-order valence-corrected chi connectivity index (χ1v) is 6.86. The lowest BCUT2D eigenvalue weighted by Crippen LogP contribution is -2.19. The lowest BCUT2D eigenvalue weighted by Gasteiger charge is -2.11. The SMILES string of the molecule is O=C(O)C1(c2cncc(-c3cccc4occc34)c2)CC1. The molecule has 21 heavy (non-hydrogen) atoms.